The number of nitrogen functional groups attached to an aromatic ring is 1. The second-order valence-corrected chi connectivity index (χ2v) is 9.25. The number of rotatable bonds is 7. The minimum atomic E-state index is -5.07. The number of nitrogens with zero attached hydrogens (tertiary/aromatic N) is 3. The predicted molar refractivity (Wildman–Crippen MR) is 152 cm³/mol. The molecule has 4 N–H and O–H groups in total. The minimum Gasteiger partial charge on any atom is -0.439 e. The molecule has 0 unspecified atom stereocenters. The number of hydrogen-bond donors (Lipinski definition) is 3. The lowest BCUT2D eigenvalue weighted by Crippen LogP contribution is -2.30. The van der Waals surface area contributed by atoms with E-state index in [4.69, 9.17) is 38.4 Å². The number of anilines is 3. The Morgan fingerprint density at radius 3 is 1.52 bits per heavy atom. The van der Waals surface area contributed by atoms with E-state index in [1.807, 2.05) is 0 Å². The summed E-state index contributed by atoms with van der Waals surface area (Å²) in [5.41, 5.74) is 5.12. The summed E-state index contributed by atoms with van der Waals surface area (Å²) in [4.78, 5) is 39.3. The first-order valence-corrected chi connectivity index (χ1v) is 12.7. The van der Waals surface area contributed by atoms with Gasteiger partial charge in [-0.3, -0.25) is 19.7 Å². The normalized spacial score (nSPS) is 11.0. The van der Waals surface area contributed by atoms with E-state index in [1.165, 1.54) is 42.6 Å². The number of carbonyl (C=O) groups is 2. The molecule has 242 valence electrons. The first-order chi connectivity index (χ1) is 21.4. The molecule has 0 bridgehead atoms. The van der Waals surface area contributed by atoms with Crippen molar-refractivity contribution in [1.82, 2.24) is 9.97 Å². The van der Waals surface area contributed by atoms with Crippen LogP contribution in [0.1, 0.15) is 0 Å². The Bertz CT molecular complexity index is 1720. The minimum absolute atomic E-state index is 0.0261. The van der Waals surface area contributed by atoms with Crippen molar-refractivity contribution in [1.29, 1.82) is 0 Å². The number of ether oxygens (including phenoxy) is 2. The number of nitro groups is 1. The van der Waals surface area contributed by atoms with Crippen molar-refractivity contribution in [2.75, 3.05) is 16.4 Å². The third kappa shape index (κ3) is 10.4. The molecule has 0 atom stereocenters. The topological polar surface area (TPSA) is 172 Å². The van der Waals surface area contributed by atoms with E-state index in [2.05, 4.69) is 9.97 Å². The summed E-state index contributed by atoms with van der Waals surface area (Å²) in [6.45, 7) is 0. The molecule has 2 aromatic heterocycles. The summed E-state index contributed by atoms with van der Waals surface area (Å²) >= 11 is 11.5. The van der Waals surface area contributed by atoms with E-state index in [0.717, 1.165) is 24.4 Å². The highest BCUT2D eigenvalue weighted by atomic mass is 35.5. The van der Waals surface area contributed by atoms with Crippen LogP contribution in [0.25, 0.3) is 0 Å². The van der Waals surface area contributed by atoms with E-state index in [0.29, 0.717) is 5.69 Å². The zero-order valence-electron chi connectivity index (χ0n) is 22.3. The Labute approximate surface area is 263 Å². The molecule has 0 saturated carbocycles. The largest absolute Gasteiger partial charge is 0.471 e. The molecule has 0 radical (unpaired) electrons. The fraction of sp³-hybridized carbons (Fsp3) is 0.0769. The highest BCUT2D eigenvalue weighted by molar-refractivity contribution is 6.34. The van der Waals surface area contributed by atoms with Crippen LogP contribution in [0.15, 0.2) is 73.1 Å². The molecule has 0 aliphatic carbocycles. The smallest absolute Gasteiger partial charge is 0.439 e. The number of carbonyl (C=O) groups excluding carboxylic acids is 2. The van der Waals surface area contributed by atoms with E-state index in [-0.39, 0.29) is 50.4 Å². The third-order valence-corrected chi connectivity index (χ3v) is 5.68. The quantitative estimate of drug-likeness (QED) is 0.100. The van der Waals surface area contributed by atoms with Crippen molar-refractivity contribution >= 4 is 57.8 Å². The van der Waals surface area contributed by atoms with Crippen LogP contribution in [0.4, 0.5) is 49.1 Å². The van der Waals surface area contributed by atoms with Gasteiger partial charge in [0, 0.05) is 30.3 Å². The van der Waals surface area contributed by atoms with Crippen molar-refractivity contribution in [3.8, 4) is 23.3 Å². The van der Waals surface area contributed by atoms with Gasteiger partial charge in [-0.05, 0) is 30.3 Å². The highest BCUT2D eigenvalue weighted by Gasteiger charge is 2.39. The van der Waals surface area contributed by atoms with Gasteiger partial charge in [0.25, 0.3) is 5.69 Å². The summed E-state index contributed by atoms with van der Waals surface area (Å²) in [5, 5.41) is 13.6. The average Bonchev–Trinajstić information content (AvgIpc) is 2.97. The van der Waals surface area contributed by atoms with Gasteiger partial charge < -0.3 is 25.8 Å². The van der Waals surface area contributed by atoms with Crippen LogP contribution < -0.4 is 25.8 Å². The predicted octanol–water partition coefficient (Wildman–Crippen LogP) is 7.55. The summed E-state index contributed by atoms with van der Waals surface area (Å²) in [5.74, 6) is -3.98. The lowest BCUT2D eigenvalue weighted by atomic mass is 10.3. The molecule has 0 spiro atoms. The number of nitrogens with one attached hydrogen (secondary N) is 2. The first-order valence-electron chi connectivity index (χ1n) is 12.0. The number of amides is 2. The summed E-state index contributed by atoms with van der Waals surface area (Å²) < 4.78 is 84.1. The molecular formula is C26H16Cl2F6N6O6. The standard InChI is InChI=1S/C13H7ClF3N3O4.C13H9ClF3N3O2/c14-9-3-2-8(5-10(9)19-12(21)13(15,16)17)24-11-4-1-7(6-18-11)20(22)23;14-9-3-2-8(22-11-4-1-7(18)6-19-11)5-10(9)20-12(21)13(15,16)17/h1-6H,(H,19,21);1-6H,18H2,(H,20,21). The van der Waals surface area contributed by atoms with Crippen molar-refractivity contribution < 1.29 is 50.3 Å². The highest BCUT2D eigenvalue weighted by Crippen LogP contribution is 2.32. The SMILES string of the molecule is Nc1ccc(Oc2ccc(Cl)c(NC(=O)C(F)(F)F)c2)nc1.O=C(Nc1cc(Oc2ccc([N+](=O)[O-])cn2)ccc1Cl)C(F)(F)F. The van der Waals surface area contributed by atoms with E-state index in [1.54, 1.807) is 16.7 Å². The van der Waals surface area contributed by atoms with Crippen LogP contribution >= 0.6 is 23.2 Å². The summed E-state index contributed by atoms with van der Waals surface area (Å²) in [7, 11) is 0. The molecule has 4 aromatic rings. The van der Waals surface area contributed by atoms with Gasteiger partial charge >= 0.3 is 24.2 Å². The van der Waals surface area contributed by atoms with Crippen LogP contribution in [0.5, 0.6) is 23.3 Å². The molecule has 46 heavy (non-hydrogen) atoms. The van der Waals surface area contributed by atoms with Gasteiger partial charge in [-0.2, -0.15) is 26.3 Å². The van der Waals surface area contributed by atoms with Crippen molar-refractivity contribution in [2.45, 2.75) is 12.4 Å². The average molecular weight is 693 g/mol. The summed E-state index contributed by atoms with van der Waals surface area (Å²) in [6, 6.07) is 12.9. The lowest BCUT2D eigenvalue weighted by molar-refractivity contribution is -0.385. The van der Waals surface area contributed by atoms with Gasteiger partial charge in [-0.1, -0.05) is 23.2 Å². The van der Waals surface area contributed by atoms with Crippen LogP contribution in [0.2, 0.25) is 10.0 Å². The van der Waals surface area contributed by atoms with Crippen LogP contribution in [0, 0.1) is 10.1 Å². The molecule has 0 aliphatic rings. The number of pyridine rings is 2. The monoisotopic (exact) mass is 692 g/mol. The van der Waals surface area contributed by atoms with Gasteiger partial charge in [0.05, 0.1) is 38.2 Å². The maximum atomic E-state index is 12.3. The Morgan fingerprint density at radius 2 is 1.17 bits per heavy atom. The molecule has 4 rings (SSSR count). The second-order valence-electron chi connectivity index (χ2n) is 8.43. The fourth-order valence-corrected chi connectivity index (χ4v) is 3.28. The summed E-state index contributed by atoms with van der Waals surface area (Å²) in [6.07, 6.45) is -7.77. The molecule has 2 amide bonds. The van der Waals surface area contributed by atoms with E-state index in [9.17, 15) is 46.0 Å². The molecule has 2 aromatic carbocycles. The van der Waals surface area contributed by atoms with Crippen LogP contribution in [-0.4, -0.2) is 39.1 Å². The molecular weight excluding hydrogens is 677 g/mol. The zero-order valence-corrected chi connectivity index (χ0v) is 23.8. The second kappa shape index (κ2) is 14.6. The van der Waals surface area contributed by atoms with Crippen LogP contribution in [0.3, 0.4) is 0 Å². The van der Waals surface area contributed by atoms with Crippen molar-refractivity contribution in [3.63, 3.8) is 0 Å². The number of aromatic nitrogens is 2. The molecule has 0 fully saturated rings. The van der Waals surface area contributed by atoms with Crippen LogP contribution in [-0.2, 0) is 9.59 Å². The Kier molecular flexibility index (Phi) is 11.2. The van der Waals surface area contributed by atoms with Gasteiger partial charge in [0.1, 0.15) is 17.7 Å². The number of benzene rings is 2. The van der Waals surface area contributed by atoms with Crippen molar-refractivity contribution in [2.24, 2.45) is 0 Å². The number of nitrogens with two attached hydrogens (primary N) is 1. The molecule has 0 saturated heterocycles. The zero-order chi connectivity index (χ0) is 34.2. The van der Waals surface area contributed by atoms with Gasteiger partial charge in [0.15, 0.2) is 0 Å². The molecule has 12 nitrogen and oxygen atoms in total. The number of hydrogen-bond acceptors (Lipinski definition) is 9. The molecule has 2 heterocycles. The third-order valence-electron chi connectivity index (χ3n) is 5.02. The Balaban J connectivity index is 0.000000251. The Hall–Kier alpha value is -5.36. The van der Waals surface area contributed by atoms with Gasteiger partial charge in [-0.15, -0.1) is 0 Å². The first kappa shape index (κ1) is 35.1. The van der Waals surface area contributed by atoms with E-state index < -0.39 is 29.1 Å². The fourth-order valence-electron chi connectivity index (χ4n) is 2.95. The Morgan fingerprint density at radius 1 is 0.739 bits per heavy atom. The lowest BCUT2D eigenvalue weighted by Gasteiger charge is -2.11. The number of halogens is 8. The molecule has 20 heteroatoms. The van der Waals surface area contributed by atoms with Gasteiger partial charge in [-0.25, -0.2) is 9.97 Å². The van der Waals surface area contributed by atoms with E-state index >= 15 is 0 Å². The van der Waals surface area contributed by atoms with Gasteiger partial charge in [0.2, 0.25) is 11.8 Å². The maximum absolute atomic E-state index is 12.3. The van der Waals surface area contributed by atoms with Crippen molar-refractivity contribution in [3.05, 3.63) is 93.2 Å². The molecule has 0 aliphatic heterocycles. The number of alkyl halides is 6. The maximum Gasteiger partial charge on any atom is 0.471 e.